The van der Waals surface area contributed by atoms with Gasteiger partial charge in [-0.2, -0.15) is 0 Å². The summed E-state index contributed by atoms with van der Waals surface area (Å²) >= 11 is 0. The van der Waals surface area contributed by atoms with Crippen LogP contribution >= 0.6 is 0 Å². The van der Waals surface area contributed by atoms with E-state index in [2.05, 4.69) is 61.2 Å². The number of anilines is 1. The molecule has 0 aliphatic rings. The molecular weight excluding hydrogens is 222 g/mol. The maximum atomic E-state index is 4.26. The fourth-order valence-corrected chi connectivity index (χ4v) is 2.02. The first-order chi connectivity index (χ1) is 8.41. The second-order valence-electron chi connectivity index (χ2n) is 5.68. The molecule has 0 aliphatic heterocycles. The Morgan fingerprint density at radius 2 is 1.94 bits per heavy atom. The van der Waals surface area contributed by atoms with Gasteiger partial charge in [0.1, 0.15) is 0 Å². The van der Waals surface area contributed by atoms with Gasteiger partial charge in [-0.25, -0.2) is 4.98 Å². The molecule has 0 spiro atoms. The summed E-state index contributed by atoms with van der Waals surface area (Å²) in [6.07, 6.45) is 1.87. The van der Waals surface area contributed by atoms with Crippen molar-refractivity contribution in [3.8, 4) is 11.3 Å². The van der Waals surface area contributed by atoms with Crippen LogP contribution in [0.15, 0.2) is 24.4 Å². The van der Waals surface area contributed by atoms with Gasteiger partial charge in [-0.15, -0.1) is 0 Å². The highest BCUT2D eigenvalue weighted by atomic mass is 15.1. The lowest BCUT2D eigenvalue weighted by molar-refractivity contribution is 0.590. The molecule has 1 heterocycles. The number of benzene rings is 1. The van der Waals surface area contributed by atoms with Crippen LogP contribution in [0, 0.1) is 6.92 Å². The summed E-state index contributed by atoms with van der Waals surface area (Å²) in [5, 5.41) is 3.01. The zero-order valence-electron chi connectivity index (χ0n) is 11.8. The highest BCUT2D eigenvalue weighted by molar-refractivity contribution is 5.65. The average Bonchev–Trinajstić information content (AvgIpc) is 2.76. The predicted molar refractivity (Wildman–Crippen MR) is 77.0 cm³/mol. The maximum Gasteiger partial charge on any atom is 0.200 e. The van der Waals surface area contributed by atoms with E-state index in [0.29, 0.717) is 0 Å². The van der Waals surface area contributed by atoms with E-state index >= 15 is 0 Å². The van der Waals surface area contributed by atoms with Crippen molar-refractivity contribution in [1.82, 2.24) is 9.97 Å². The number of nitrogens with one attached hydrogen (secondary N) is 2. The van der Waals surface area contributed by atoms with Gasteiger partial charge < -0.3 is 10.3 Å². The number of hydrogen-bond donors (Lipinski definition) is 2. The minimum absolute atomic E-state index is 0.188. The Labute approximate surface area is 109 Å². The van der Waals surface area contributed by atoms with E-state index < -0.39 is 0 Å². The van der Waals surface area contributed by atoms with E-state index in [-0.39, 0.29) is 5.41 Å². The molecule has 0 unspecified atom stereocenters. The number of nitrogens with zero attached hydrogens (tertiary/aromatic N) is 1. The van der Waals surface area contributed by atoms with E-state index in [1.807, 2.05) is 13.2 Å². The third kappa shape index (κ3) is 2.40. The first kappa shape index (κ1) is 12.7. The number of aromatic amines is 1. The normalized spacial score (nSPS) is 11.6. The summed E-state index contributed by atoms with van der Waals surface area (Å²) < 4.78 is 0. The Balaban J connectivity index is 2.41. The lowest BCUT2D eigenvalue weighted by Gasteiger charge is -2.20. The van der Waals surface area contributed by atoms with Crippen LogP contribution in [0.1, 0.15) is 31.9 Å². The summed E-state index contributed by atoms with van der Waals surface area (Å²) in [4.78, 5) is 7.51. The third-order valence-corrected chi connectivity index (χ3v) is 3.20. The van der Waals surface area contributed by atoms with Gasteiger partial charge in [-0.3, -0.25) is 0 Å². The third-order valence-electron chi connectivity index (χ3n) is 3.20. The summed E-state index contributed by atoms with van der Waals surface area (Å²) in [6.45, 7) is 8.84. The zero-order valence-corrected chi connectivity index (χ0v) is 11.8. The van der Waals surface area contributed by atoms with Gasteiger partial charge in [0.2, 0.25) is 0 Å². The van der Waals surface area contributed by atoms with Crippen LogP contribution in [0.3, 0.4) is 0 Å². The lowest BCUT2D eigenvalue weighted by Crippen LogP contribution is -2.11. The Kier molecular flexibility index (Phi) is 3.16. The number of hydrogen-bond acceptors (Lipinski definition) is 2. The first-order valence-electron chi connectivity index (χ1n) is 6.26. The molecule has 0 saturated heterocycles. The monoisotopic (exact) mass is 243 g/mol. The molecule has 0 radical (unpaired) electrons. The molecule has 0 amide bonds. The van der Waals surface area contributed by atoms with Gasteiger partial charge in [0.25, 0.3) is 0 Å². The van der Waals surface area contributed by atoms with Crippen molar-refractivity contribution in [3.05, 3.63) is 35.5 Å². The second-order valence-corrected chi connectivity index (χ2v) is 5.68. The minimum Gasteiger partial charge on any atom is -0.359 e. The molecule has 1 aromatic carbocycles. The quantitative estimate of drug-likeness (QED) is 0.844. The number of aryl methyl sites for hydroxylation is 1. The molecular formula is C15H21N3. The summed E-state index contributed by atoms with van der Waals surface area (Å²) in [5.74, 6) is 0.796. The van der Waals surface area contributed by atoms with Gasteiger partial charge in [-0.05, 0) is 23.5 Å². The SMILES string of the molecule is CNc1ncc(-c2ccc(C(C)(C)C)cc2C)[nH]1. The first-order valence-corrected chi connectivity index (χ1v) is 6.26. The molecule has 0 fully saturated rings. The topological polar surface area (TPSA) is 40.7 Å². The number of aromatic nitrogens is 2. The van der Waals surface area contributed by atoms with Gasteiger partial charge >= 0.3 is 0 Å². The molecule has 3 nitrogen and oxygen atoms in total. The van der Waals surface area contributed by atoms with Crippen molar-refractivity contribution in [2.45, 2.75) is 33.1 Å². The Morgan fingerprint density at radius 3 is 2.44 bits per heavy atom. The average molecular weight is 243 g/mol. The molecule has 0 saturated carbocycles. The van der Waals surface area contributed by atoms with Crippen LogP contribution in [-0.2, 0) is 5.41 Å². The van der Waals surface area contributed by atoms with Gasteiger partial charge in [0, 0.05) is 12.6 Å². The van der Waals surface area contributed by atoms with E-state index in [1.54, 1.807) is 0 Å². The van der Waals surface area contributed by atoms with Crippen molar-refractivity contribution in [1.29, 1.82) is 0 Å². The van der Waals surface area contributed by atoms with Crippen LogP contribution in [0.2, 0.25) is 0 Å². The molecule has 0 aliphatic carbocycles. The standard InChI is InChI=1S/C15H21N3/c1-10-8-11(15(2,3)4)6-7-12(10)13-9-17-14(16-5)18-13/h6-9H,1-5H3,(H2,16,17,18). The van der Waals surface area contributed by atoms with Crippen LogP contribution in [-0.4, -0.2) is 17.0 Å². The second kappa shape index (κ2) is 4.48. The van der Waals surface area contributed by atoms with E-state index in [0.717, 1.165) is 11.6 Å². The van der Waals surface area contributed by atoms with Crippen LogP contribution in [0.4, 0.5) is 5.95 Å². The molecule has 1 aromatic heterocycles. The summed E-state index contributed by atoms with van der Waals surface area (Å²) in [7, 11) is 1.86. The molecule has 3 heteroatoms. The van der Waals surface area contributed by atoms with Crippen molar-refractivity contribution < 1.29 is 0 Å². The fourth-order valence-electron chi connectivity index (χ4n) is 2.02. The predicted octanol–water partition coefficient (Wildman–Crippen LogP) is 3.72. The Bertz CT molecular complexity index is 547. The van der Waals surface area contributed by atoms with Gasteiger partial charge in [-0.1, -0.05) is 39.0 Å². The smallest absolute Gasteiger partial charge is 0.200 e. The van der Waals surface area contributed by atoms with Crippen LogP contribution < -0.4 is 5.32 Å². The lowest BCUT2D eigenvalue weighted by atomic mass is 9.85. The molecule has 96 valence electrons. The highest BCUT2D eigenvalue weighted by Gasteiger charge is 2.15. The fraction of sp³-hybridized carbons (Fsp3) is 0.400. The van der Waals surface area contributed by atoms with Crippen LogP contribution in [0.5, 0.6) is 0 Å². The van der Waals surface area contributed by atoms with E-state index in [4.69, 9.17) is 0 Å². The zero-order chi connectivity index (χ0) is 13.3. The molecule has 0 atom stereocenters. The number of imidazole rings is 1. The van der Waals surface area contributed by atoms with Gasteiger partial charge in [0.05, 0.1) is 11.9 Å². The maximum absolute atomic E-state index is 4.26. The van der Waals surface area contributed by atoms with Gasteiger partial charge in [0.15, 0.2) is 5.95 Å². The molecule has 18 heavy (non-hydrogen) atoms. The molecule has 2 aromatic rings. The van der Waals surface area contributed by atoms with Crippen molar-refractivity contribution in [2.75, 3.05) is 12.4 Å². The number of rotatable bonds is 2. The summed E-state index contributed by atoms with van der Waals surface area (Å²) in [6, 6.07) is 6.63. The summed E-state index contributed by atoms with van der Waals surface area (Å²) in [5.41, 5.74) is 5.08. The Morgan fingerprint density at radius 1 is 1.22 bits per heavy atom. The van der Waals surface area contributed by atoms with Crippen molar-refractivity contribution >= 4 is 5.95 Å². The molecule has 2 N–H and O–H groups in total. The highest BCUT2D eigenvalue weighted by Crippen LogP contribution is 2.28. The van der Waals surface area contributed by atoms with Crippen molar-refractivity contribution in [3.63, 3.8) is 0 Å². The Hall–Kier alpha value is -1.77. The van der Waals surface area contributed by atoms with Crippen molar-refractivity contribution in [2.24, 2.45) is 0 Å². The molecule has 2 rings (SSSR count). The minimum atomic E-state index is 0.188. The largest absolute Gasteiger partial charge is 0.359 e. The van der Waals surface area contributed by atoms with E-state index in [9.17, 15) is 0 Å². The van der Waals surface area contributed by atoms with E-state index in [1.165, 1.54) is 16.7 Å². The molecule has 0 bridgehead atoms. The van der Waals surface area contributed by atoms with Crippen LogP contribution in [0.25, 0.3) is 11.3 Å². The number of H-pyrrole nitrogens is 1.